The molecular weight excluding hydrogens is 350 g/mol. The summed E-state index contributed by atoms with van der Waals surface area (Å²) in [6.45, 7) is 1.59. The third-order valence-electron chi connectivity index (χ3n) is 4.11. The number of hydrogen-bond donors (Lipinski definition) is 2. The van der Waals surface area contributed by atoms with Crippen molar-refractivity contribution in [2.75, 3.05) is 0 Å². The molecule has 1 aliphatic carbocycles. The number of rotatable bonds is 5. The molecule has 2 N–H and O–H groups in total. The van der Waals surface area contributed by atoms with Crippen LogP contribution in [0.2, 0.25) is 5.02 Å². The lowest BCUT2D eigenvalue weighted by Crippen LogP contribution is -2.27. The lowest BCUT2D eigenvalue weighted by molar-refractivity contribution is 0.0696. The highest BCUT2D eigenvalue weighted by Gasteiger charge is 2.41. The van der Waals surface area contributed by atoms with Gasteiger partial charge in [-0.05, 0) is 54.8 Å². The van der Waals surface area contributed by atoms with Crippen molar-refractivity contribution in [2.24, 2.45) is 0 Å². The van der Waals surface area contributed by atoms with Gasteiger partial charge in [0.25, 0.3) is 0 Å². The van der Waals surface area contributed by atoms with E-state index in [1.807, 2.05) is 12.1 Å². The molecule has 0 saturated heterocycles. The number of carbonyl (C=O) groups is 1. The second-order valence-electron chi connectivity index (χ2n) is 5.91. The van der Waals surface area contributed by atoms with Gasteiger partial charge < -0.3 is 5.11 Å². The van der Waals surface area contributed by atoms with Crippen molar-refractivity contribution in [3.8, 4) is 0 Å². The average molecular weight is 366 g/mol. The van der Waals surface area contributed by atoms with Crippen LogP contribution in [-0.2, 0) is 10.0 Å². The van der Waals surface area contributed by atoms with Crippen molar-refractivity contribution < 1.29 is 18.3 Å². The van der Waals surface area contributed by atoms with Crippen molar-refractivity contribution in [1.29, 1.82) is 0 Å². The molecule has 2 aromatic carbocycles. The molecule has 24 heavy (non-hydrogen) atoms. The van der Waals surface area contributed by atoms with E-state index >= 15 is 0 Å². The van der Waals surface area contributed by atoms with Crippen LogP contribution >= 0.6 is 11.6 Å². The van der Waals surface area contributed by atoms with Crippen molar-refractivity contribution in [1.82, 2.24) is 4.72 Å². The summed E-state index contributed by atoms with van der Waals surface area (Å²) in [6, 6.07) is 11.2. The van der Waals surface area contributed by atoms with Crippen LogP contribution in [0.3, 0.4) is 0 Å². The standard InChI is InChI=1S/C17H16ClNO4S/c1-10-8-12(17(20)21)4-7-16(10)24(22,23)19-15-9-14(15)11-2-5-13(18)6-3-11/h2-8,14-15,19H,9H2,1H3,(H,20,21)/t14-,15+/m0/s1. The molecule has 0 aromatic heterocycles. The van der Waals surface area contributed by atoms with Crippen LogP contribution in [-0.4, -0.2) is 25.5 Å². The average Bonchev–Trinajstić information content (AvgIpc) is 3.25. The number of aryl methyl sites for hydroxylation is 1. The van der Waals surface area contributed by atoms with Crippen molar-refractivity contribution in [3.63, 3.8) is 0 Å². The molecular formula is C17H16ClNO4S. The van der Waals surface area contributed by atoms with Crippen LogP contribution in [0, 0.1) is 6.92 Å². The Kier molecular flexibility index (Phi) is 4.38. The Hall–Kier alpha value is -1.89. The second-order valence-corrected chi connectivity index (χ2v) is 8.03. The molecule has 0 heterocycles. The molecule has 0 radical (unpaired) electrons. The Morgan fingerprint density at radius 3 is 2.46 bits per heavy atom. The maximum atomic E-state index is 12.5. The van der Waals surface area contributed by atoms with Gasteiger partial charge in [-0.2, -0.15) is 0 Å². The van der Waals surface area contributed by atoms with Crippen LogP contribution < -0.4 is 4.72 Å². The molecule has 0 unspecified atom stereocenters. The highest BCUT2D eigenvalue weighted by Crippen LogP contribution is 2.42. The number of sulfonamides is 1. The van der Waals surface area contributed by atoms with Crippen LogP contribution in [0.25, 0.3) is 0 Å². The van der Waals surface area contributed by atoms with E-state index in [9.17, 15) is 13.2 Å². The fourth-order valence-corrected chi connectivity index (χ4v) is 4.39. The van der Waals surface area contributed by atoms with Gasteiger partial charge in [0.15, 0.2) is 0 Å². The minimum Gasteiger partial charge on any atom is -0.478 e. The Bertz CT molecular complexity index is 893. The zero-order chi connectivity index (χ0) is 17.5. The Morgan fingerprint density at radius 2 is 1.88 bits per heavy atom. The summed E-state index contributed by atoms with van der Waals surface area (Å²) < 4.78 is 27.8. The maximum Gasteiger partial charge on any atom is 0.335 e. The third kappa shape index (κ3) is 3.45. The molecule has 126 valence electrons. The van der Waals surface area contributed by atoms with Crippen LogP contribution in [0.15, 0.2) is 47.4 Å². The first-order valence-corrected chi connectivity index (χ1v) is 9.26. The van der Waals surface area contributed by atoms with E-state index in [4.69, 9.17) is 16.7 Å². The first-order valence-electron chi connectivity index (χ1n) is 7.39. The van der Waals surface area contributed by atoms with Gasteiger partial charge in [-0.15, -0.1) is 0 Å². The summed E-state index contributed by atoms with van der Waals surface area (Å²) in [5, 5.41) is 9.61. The first-order chi connectivity index (χ1) is 11.3. The largest absolute Gasteiger partial charge is 0.478 e. The van der Waals surface area contributed by atoms with Gasteiger partial charge >= 0.3 is 5.97 Å². The number of nitrogens with one attached hydrogen (secondary N) is 1. The number of halogens is 1. The quantitative estimate of drug-likeness (QED) is 0.852. The Morgan fingerprint density at radius 1 is 1.21 bits per heavy atom. The van der Waals surface area contributed by atoms with E-state index in [1.165, 1.54) is 18.2 Å². The summed E-state index contributed by atoms with van der Waals surface area (Å²) in [5.41, 5.74) is 1.52. The summed E-state index contributed by atoms with van der Waals surface area (Å²) in [6.07, 6.45) is 0.729. The van der Waals surface area contributed by atoms with Gasteiger partial charge in [0.05, 0.1) is 10.5 Å². The fourth-order valence-electron chi connectivity index (χ4n) is 2.75. The molecule has 2 aromatic rings. The predicted octanol–water partition coefficient (Wildman–Crippen LogP) is 3.18. The SMILES string of the molecule is Cc1cc(C(=O)O)ccc1S(=O)(=O)N[C@@H]1C[C@H]1c1ccc(Cl)cc1. The lowest BCUT2D eigenvalue weighted by Gasteiger charge is -2.10. The molecule has 5 nitrogen and oxygen atoms in total. The molecule has 1 aliphatic rings. The highest BCUT2D eigenvalue weighted by molar-refractivity contribution is 7.89. The fraction of sp³-hybridized carbons (Fsp3) is 0.235. The minimum absolute atomic E-state index is 0.0666. The number of carboxylic acid groups (broad SMARTS) is 1. The summed E-state index contributed by atoms with van der Waals surface area (Å²) in [5.74, 6) is -0.948. The Labute approximate surface area is 145 Å². The number of aromatic carboxylic acids is 1. The normalized spacial score (nSPS) is 19.9. The molecule has 0 spiro atoms. The molecule has 3 rings (SSSR count). The molecule has 7 heteroatoms. The van der Waals surface area contributed by atoms with E-state index < -0.39 is 16.0 Å². The maximum absolute atomic E-state index is 12.5. The monoisotopic (exact) mass is 365 g/mol. The van der Waals surface area contributed by atoms with Gasteiger partial charge in [0.2, 0.25) is 10.0 Å². The molecule has 1 saturated carbocycles. The molecule has 0 aliphatic heterocycles. The zero-order valence-electron chi connectivity index (χ0n) is 12.9. The van der Waals surface area contributed by atoms with Gasteiger partial charge in [-0.3, -0.25) is 0 Å². The zero-order valence-corrected chi connectivity index (χ0v) is 14.4. The molecule has 0 amide bonds. The topological polar surface area (TPSA) is 83.5 Å². The number of benzene rings is 2. The van der Waals surface area contributed by atoms with Gasteiger partial charge in [-0.1, -0.05) is 23.7 Å². The summed E-state index contributed by atoms with van der Waals surface area (Å²) in [4.78, 5) is 11.1. The van der Waals surface area contributed by atoms with Crippen molar-refractivity contribution in [3.05, 3.63) is 64.2 Å². The van der Waals surface area contributed by atoms with E-state index in [1.54, 1.807) is 19.1 Å². The summed E-state index contributed by atoms with van der Waals surface area (Å²) in [7, 11) is -3.69. The highest BCUT2D eigenvalue weighted by atomic mass is 35.5. The smallest absolute Gasteiger partial charge is 0.335 e. The van der Waals surface area contributed by atoms with E-state index in [-0.39, 0.29) is 22.4 Å². The van der Waals surface area contributed by atoms with Crippen molar-refractivity contribution in [2.45, 2.75) is 30.2 Å². The number of hydrogen-bond acceptors (Lipinski definition) is 3. The van der Waals surface area contributed by atoms with Gasteiger partial charge in [0, 0.05) is 17.0 Å². The second kappa shape index (κ2) is 6.20. The van der Waals surface area contributed by atoms with Crippen LogP contribution in [0.1, 0.15) is 33.8 Å². The predicted molar refractivity (Wildman–Crippen MR) is 91.1 cm³/mol. The minimum atomic E-state index is -3.69. The van der Waals surface area contributed by atoms with Gasteiger partial charge in [-0.25, -0.2) is 17.9 Å². The van der Waals surface area contributed by atoms with E-state index in [0.29, 0.717) is 10.6 Å². The van der Waals surface area contributed by atoms with Crippen LogP contribution in [0.4, 0.5) is 0 Å². The third-order valence-corrected chi connectivity index (χ3v) is 6.01. The summed E-state index contributed by atoms with van der Waals surface area (Å²) >= 11 is 5.86. The molecule has 2 atom stereocenters. The molecule has 1 fully saturated rings. The first kappa shape index (κ1) is 17.0. The van der Waals surface area contributed by atoms with Gasteiger partial charge in [0.1, 0.15) is 0 Å². The van der Waals surface area contributed by atoms with Crippen LogP contribution in [0.5, 0.6) is 0 Å². The molecule has 0 bridgehead atoms. The Balaban J connectivity index is 1.76. The number of carboxylic acids is 1. The van der Waals surface area contributed by atoms with Crippen molar-refractivity contribution >= 4 is 27.6 Å². The van der Waals surface area contributed by atoms with E-state index in [0.717, 1.165) is 12.0 Å². The lowest BCUT2D eigenvalue weighted by atomic mass is 10.1. The van der Waals surface area contributed by atoms with E-state index in [2.05, 4.69) is 4.72 Å².